The van der Waals surface area contributed by atoms with E-state index in [2.05, 4.69) is 5.32 Å². The van der Waals surface area contributed by atoms with Gasteiger partial charge in [-0.3, -0.25) is 0 Å². The van der Waals surface area contributed by atoms with Gasteiger partial charge in [-0.15, -0.1) is 0 Å². The summed E-state index contributed by atoms with van der Waals surface area (Å²) in [6.07, 6.45) is -0.310. The second kappa shape index (κ2) is 8.35. The number of nitrogens with zero attached hydrogens (tertiary/aromatic N) is 1. The number of amides is 1. The Morgan fingerprint density at radius 1 is 1.05 bits per heavy atom. The Labute approximate surface area is 115 Å². The van der Waals surface area contributed by atoms with E-state index < -0.39 is 5.60 Å². The Hall–Kier alpha value is -0.850. The van der Waals surface area contributed by atoms with Gasteiger partial charge in [0.1, 0.15) is 5.60 Å². The van der Waals surface area contributed by atoms with Gasteiger partial charge in [0.2, 0.25) is 0 Å². The quantitative estimate of drug-likeness (QED) is 0.710. The van der Waals surface area contributed by atoms with Crippen LogP contribution in [0.25, 0.3) is 0 Å². The van der Waals surface area contributed by atoms with Gasteiger partial charge in [0.15, 0.2) is 0 Å². The van der Waals surface area contributed by atoms with Crippen LogP contribution < -0.4 is 5.32 Å². The lowest BCUT2D eigenvalue weighted by atomic mass is 10.2. The van der Waals surface area contributed by atoms with Gasteiger partial charge in [-0.25, -0.2) is 4.79 Å². The Bertz CT molecular complexity index is 254. The maximum absolute atomic E-state index is 12.0. The van der Waals surface area contributed by atoms with Gasteiger partial charge < -0.3 is 24.4 Å². The van der Waals surface area contributed by atoms with Gasteiger partial charge >= 0.3 is 6.09 Å². The van der Waals surface area contributed by atoms with Crippen LogP contribution in [0.2, 0.25) is 0 Å². The highest BCUT2D eigenvalue weighted by molar-refractivity contribution is 5.68. The zero-order valence-corrected chi connectivity index (χ0v) is 12.2. The summed E-state index contributed by atoms with van der Waals surface area (Å²) >= 11 is 0. The summed E-state index contributed by atoms with van der Waals surface area (Å²) in [5.41, 5.74) is -0.480. The standard InChI is InChI=1S/C13H26N2O4/c1-13(2,3)19-12(16)15-6-10-17-8-4-14-5-9-18-11-7-15/h14H,4-11H2,1-3H3. The fourth-order valence-electron chi connectivity index (χ4n) is 1.59. The molecule has 1 fully saturated rings. The predicted octanol–water partition coefficient (Wildman–Crippen LogP) is 0.860. The zero-order chi connectivity index (χ0) is 14.1. The molecule has 112 valence electrons. The van der Waals surface area contributed by atoms with Crippen molar-refractivity contribution in [3.63, 3.8) is 0 Å². The number of hydrogen-bond donors (Lipinski definition) is 1. The summed E-state index contributed by atoms with van der Waals surface area (Å²) < 4.78 is 16.3. The second-order valence-corrected chi connectivity index (χ2v) is 5.44. The SMILES string of the molecule is CC(C)(C)OC(=O)N1CCOCCNCCOCC1. The van der Waals surface area contributed by atoms with Crippen molar-refractivity contribution in [1.82, 2.24) is 10.2 Å². The highest BCUT2D eigenvalue weighted by atomic mass is 16.6. The number of nitrogens with one attached hydrogen (secondary N) is 1. The summed E-state index contributed by atoms with van der Waals surface area (Å²) in [5, 5.41) is 3.21. The van der Waals surface area contributed by atoms with Crippen LogP contribution in [0.5, 0.6) is 0 Å². The van der Waals surface area contributed by atoms with Crippen molar-refractivity contribution in [1.29, 1.82) is 0 Å². The maximum atomic E-state index is 12.0. The van der Waals surface area contributed by atoms with Gasteiger partial charge in [0.05, 0.1) is 26.4 Å². The van der Waals surface area contributed by atoms with Crippen LogP contribution in [0, 0.1) is 0 Å². The number of rotatable bonds is 0. The largest absolute Gasteiger partial charge is 0.444 e. The summed E-state index contributed by atoms with van der Waals surface area (Å²) in [7, 11) is 0. The molecule has 1 amide bonds. The lowest BCUT2D eigenvalue weighted by Crippen LogP contribution is -2.41. The van der Waals surface area contributed by atoms with Gasteiger partial charge in [0.25, 0.3) is 0 Å². The van der Waals surface area contributed by atoms with Gasteiger partial charge in [-0.2, -0.15) is 0 Å². The van der Waals surface area contributed by atoms with Crippen LogP contribution in [0.3, 0.4) is 0 Å². The number of carbonyl (C=O) groups is 1. The van der Waals surface area contributed by atoms with Gasteiger partial charge in [-0.05, 0) is 20.8 Å². The molecule has 0 aromatic carbocycles. The van der Waals surface area contributed by atoms with E-state index in [1.165, 1.54) is 0 Å². The third-order valence-corrected chi connectivity index (χ3v) is 2.51. The van der Waals surface area contributed by atoms with Crippen LogP contribution >= 0.6 is 0 Å². The molecule has 0 saturated carbocycles. The molecule has 1 N–H and O–H groups in total. The van der Waals surface area contributed by atoms with E-state index in [-0.39, 0.29) is 6.09 Å². The maximum Gasteiger partial charge on any atom is 0.410 e. The van der Waals surface area contributed by atoms with Crippen molar-refractivity contribution in [2.75, 3.05) is 52.6 Å². The van der Waals surface area contributed by atoms with Crippen LogP contribution in [-0.4, -0.2) is 69.2 Å². The van der Waals surface area contributed by atoms with Crippen molar-refractivity contribution in [3.8, 4) is 0 Å². The van der Waals surface area contributed by atoms with E-state index in [1.54, 1.807) is 4.90 Å². The number of hydrogen-bond acceptors (Lipinski definition) is 5. The molecule has 0 aromatic heterocycles. The molecule has 1 rings (SSSR count). The Kier molecular flexibility index (Phi) is 7.12. The van der Waals surface area contributed by atoms with Crippen LogP contribution in [0.15, 0.2) is 0 Å². The minimum Gasteiger partial charge on any atom is -0.444 e. The Morgan fingerprint density at radius 3 is 2.05 bits per heavy atom. The zero-order valence-electron chi connectivity index (χ0n) is 12.2. The summed E-state index contributed by atoms with van der Waals surface area (Å²) in [4.78, 5) is 13.7. The molecule has 19 heavy (non-hydrogen) atoms. The van der Waals surface area contributed by atoms with E-state index in [9.17, 15) is 4.79 Å². The molecule has 0 atom stereocenters. The molecular weight excluding hydrogens is 248 g/mol. The topological polar surface area (TPSA) is 60.0 Å². The average Bonchev–Trinajstić information content (AvgIpc) is 2.27. The van der Waals surface area contributed by atoms with E-state index >= 15 is 0 Å². The molecule has 1 saturated heterocycles. The Balaban J connectivity index is 2.44. The first-order chi connectivity index (χ1) is 8.99. The van der Waals surface area contributed by atoms with Gasteiger partial charge in [-0.1, -0.05) is 0 Å². The predicted molar refractivity (Wildman–Crippen MR) is 72.3 cm³/mol. The van der Waals surface area contributed by atoms with Crippen molar-refractivity contribution in [2.24, 2.45) is 0 Å². The average molecular weight is 274 g/mol. The molecule has 0 bridgehead atoms. The molecular formula is C13H26N2O4. The van der Waals surface area contributed by atoms with Crippen molar-refractivity contribution >= 4 is 6.09 Å². The monoisotopic (exact) mass is 274 g/mol. The molecule has 0 aliphatic carbocycles. The van der Waals surface area contributed by atoms with Crippen molar-refractivity contribution in [3.05, 3.63) is 0 Å². The van der Waals surface area contributed by atoms with E-state index in [4.69, 9.17) is 14.2 Å². The van der Waals surface area contributed by atoms with Crippen molar-refractivity contribution < 1.29 is 19.0 Å². The van der Waals surface area contributed by atoms with E-state index in [0.29, 0.717) is 39.5 Å². The lowest BCUT2D eigenvalue weighted by Gasteiger charge is -2.27. The normalized spacial score (nSPS) is 20.3. The molecule has 1 heterocycles. The molecule has 6 nitrogen and oxygen atoms in total. The molecule has 1 aliphatic heterocycles. The minimum absolute atomic E-state index is 0.310. The first kappa shape index (κ1) is 16.2. The number of carbonyl (C=O) groups excluding carboxylic acids is 1. The van der Waals surface area contributed by atoms with Crippen LogP contribution in [-0.2, 0) is 14.2 Å². The van der Waals surface area contributed by atoms with Crippen LogP contribution in [0.4, 0.5) is 4.79 Å². The molecule has 6 heteroatoms. The minimum atomic E-state index is -0.480. The summed E-state index contributed by atoms with van der Waals surface area (Å²) in [6.45, 7) is 10.6. The van der Waals surface area contributed by atoms with Crippen LogP contribution in [0.1, 0.15) is 20.8 Å². The number of ether oxygens (including phenoxy) is 3. The summed E-state index contributed by atoms with van der Waals surface area (Å²) in [6, 6.07) is 0. The second-order valence-electron chi connectivity index (χ2n) is 5.44. The molecule has 0 radical (unpaired) electrons. The first-order valence-electron chi connectivity index (χ1n) is 6.83. The molecule has 0 aromatic rings. The third kappa shape index (κ3) is 8.02. The van der Waals surface area contributed by atoms with E-state index in [0.717, 1.165) is 13.1 Å². The molecule has 1 aliphatic rings. The van der Waals surface area contributed by atoms with Gasteiger partial charge in [0, 0.05) is 26.2 Å². The molecule has 0 unspecified atom stereocenters. The smallest absolute Gasteiger partial charge is 0.410 e. The summed E-state index contributed by atoms with van der Waals surface area (Å²) in [5.74, 6) is 0. The van der Waals surface area contributed by atoms with Crippen molar-refractivity contribution in [2.45, 2.75) is 26.4 Å². The van der Waals surface area contributed by atoms with E-state index in [1.807, 2.05) is 20.8 Å². The fraction of sp³-hybridized carbons (Fsp3) is 0.923. The third-order valence-electron chi connectivity index (χ3n) is 2.51. The first-order valence-corrected chi connectivity index (χ1v) is 6.83. The highest BCUT2D eigenvalue weighted by Crippen LogP contribution is 2.09. The Morgan fingerprint density at radius 2 is 1.58 bits per heavy atom. The fourth-order valence-corrected chi connectivity index (χ4v) is 1.59. The molecule has 0 spiro atoms. The lowest BCUT2D eigenvalue weighted by molar-refractivity contribution is 0.00850. The highest BCUT2D eigenvalue weighted by Gasteiger charge is 2.21.